The lowest BCUT2D eigenvalue weighted by atomic mass is 10.0. The highest BCUT2D eigenvalue weighted by atomic mass is 35.5. The Kier molecular flexibility index (Phi) is 6.94. The van der Waals surface area contributed by atoms with Crippen LogP contribution in [0, 0.1) is 0 Å². The molecule has 0 fully saturated rings. The van der Waals surface area contributed by atoms with Crippen LogP contribution in [0.4, 0.5) is 0 Å². The first-order chi connectivity index (χ1) is 13.8. The monoisotopic (exact) mass is 408 g/mol. The first-order valence-corrected chi connectivity index (χ1v) is 9.48. The molecule has 3 aromatic carbocycles. The Balaban J connectivity index is 0.00000240. The number of hydrogen-bond acceptors (Lipinski definition) is 3. The molecule has 4 nitrogen and oxygen atoms in total. The van der Waals surface area contributed by atoms with Crippen LogP contribution in [0.5, 0.6) is 11.5 Å². The van der Waals surface area contributed by atoms with Crippen LogP contribution < -0.4 is 10.1 Å². The van der Waals surface area contributed by atoms with E-state index in [4.69, 9.17) is 4.74 Å². The smallest absolute Gasteiger partial charge is 0.136 e. The molecule has 4 rings (SSSR count). The van der Waals surface area contributed by atoms with E-state index in [9.17, 15) is 5.11 Å². The molecule has 0 amide bonds. The molecule has 0 spiro atoms. The van der Waals surface area contributed by atoms with E-state index >= 15 is 0 Å². The summed E-state index contributed by atoms with van der Waals surface area (Å²) >= 11 is 0. The molecule has 0 radical (unpaired) electrons. The molecular formula is C24H25ClN2O2. The van der Waals surface area contributed by atoms with E-state index < -0.39 is 6.10 Å². The van der Waals surface area contributed by atoms with Gasteiger partial charge in [-0.3, -0.25) is 0 Å². The predicted octanol–water partition coefficient (Wildman–Crippen LogP) is 5.03. The SMILES string of the molecule is CNC[C@@H](O)[C@H](c1ccccc1)n1ccc2c(Oc3ccccc3)cccc21.Cl. The Morgan fingerprint density at radius 2 is 1.59 bits per heavy atom. The lowest BCUT2D eigenvalue weighted by Gasteiger charge is -2.26. The largest absolute Gasteiger partial charge is 0.457 e. The highest BCUT2D eigenvalue weighted by molar-refractivity contribution is 5.87. The second kappa shape index (κ2) is 9.61. The van der Waals surface area contributed by atoms with Gasteiger partial charge in [0, 0.05) is 18.1 Å². The van der Waals surface area contributed by atoms with Crippen LogP contribution in [0.1, 0.15) is 11.6 Å². The number of nitrogens with one attached hydrogen (secondary N) is 1. The molecule has 0 aliphatic carbocycles. The molecule has 0 aliphatic heterocycles. The highest BCUT2D eigenvalue weighted by Gasteiger charge is 2.24. The molecule has 0 saturated heterocycles. The van der Waals surface area contributed by atoms with Gasteiger partial charge in [0.05, 0.1) is 17.7 Å². The Labute approximate surface area is 177 Å². The van der Waals surface area contributed by atoms with E-state index in [2.05, 4.69) is 34.1 Å². The number of aliphatic hydroxyl groups is 1. The molecule has 2 N–H and O–H groups in total. The third-order valence-electron chi connectivity index (χ3n) is 4.91. The van der Waals surface area contributed by atoms with Crippen molar-refractivity contribution in [1.29, 1.82) is 0 Å². The fourth-order valence-corrected chi connectivity index (χ4v) is 3.65. The first kappa shape index (κ1) is 20.9. The number of halogens is 1. The Morgan fingerprint density at radius 1 is 0.897 bits per heavy atom. The standard InChI is InChI=1S/C24H24N2O2.ClH/c1-25-17-22(27)24(18-9-4-2-5-10-18)26-16-15-20-21(26)13-8-14-23(20)28-19-11-6-3-7-12-19;/h2-16,22,24-25,27H,17H2,1H3;1H/t22-,24+;/m1./s1. The molecule has 0 aliphatic rings. The molecule has 0 unspecified atom stereocenters. The van der Waals surface area contributed by atoms with Crippen molar-refractivity contribution in [2.75, 3.05) is 13.6 Å². The zero-order valence-electron chi connectivity index (χ0n) is 16.2. The number of rotatable bonds is 7. The first-order valence-electron chi connectivity index (χ1n) is 9.48. The van der Waals surface area contributed by atoms with Gasteiger partial charge >= 0.3 is 0 Å². The quantitative estimate of drug-likeness (QED) is 0.451. The van der Waals surface area contributed by atoms with Gasteiger partial charge in [-0.15, -0.1) is 12.4 Å². The maximum Gasteiger partial charge on any atom is 0.136 e. The van der Waals surface area contributed by atoms with Crippen molar-refractivity contribution in [2.45, 2.75) is 12.1 Å². The van der Waals surface area contributed by atoms with Crippen LogP contribution in [0.25, 0.3) is 10.9 Å². The summed E-state index contributed by atoms with van der Waals surface area (Å²) in [5.74, 6) is 1.61. The molecule has 0 bridgehead atoms. The summed E-state index contributed by atoms with van der Waals surface area (Å²) in [6.45, 7) is 0.499. The second-order valence-electron chi connectivity index (χ2n) is 6.81. The maximum absolute atomic E-state index is 10.9. The van der Waals surface area contributed by atoms with E-state index in [-0.39, 0.29) is 18.4 Å². The zero-order valence-corrected chi connectivity index (χ0v) is 17.0. The van der Waals surface area contributed by atoms with Crippen molar-refractivity contribution in [1.82, 2.24) is 9.88 Å². The van der Waals surface area contributed by atoms with Crippen molar-refractivity contribution in [3.05, 3.63) is 96.7 Å². The number of nitrogens with zero attached hydrogens (tertiary/aromatic N) is 1. The normalized spacial score (nSPS) is 12.9. The number of likely N-dealkylation sites (N-methyl/N-ethyl adjacent to an activating group) is 1. The van der Waals surface area contributed by atoms with Crippen LogP contribution >= 0.6 is 12.4 Å². The molecule has 0 saturated carbocycles. The Bertz CT molecular complexity index is 1030. The zero-order chi connectivity index (χ0) is 19.3. The summed E-state index contributed by atoms with van der Waals surface area (Å²) in [6.07, 6.45) is 1.46. The average Bonchev–Trinajstić information content (AvgIpc) is 3.15. The van der Waals surface area contributed by atoms with Crippen molar-refractivity contribution in [2.24, 2.45) is 0 Å². The van der Waals surface area contributed by atoms with Crippen molar-refractivity contribution in [3.63, 3.8) is 0 Å². The van der Waals surface area contributed by atoms with Gasteiger partial charge in [-0.05, 0) is 42.9 Å². The molecule has 150 valence electrons. The van der Waals surface area contributed by atoms with Crippen molar-refractivity contribution in [3.8, 4) is 11.5 Å². The molecule has 1 heterocycles. The summed E-state index contributed by atoms with van der Waals surface area (Å²) in [6, 6.07) is 27.8. The van der Waals surface area contributed by atoms with Gasteiger partial charge in [0.25, 0.3) is 0 Å². The number of fused-ring (bicyclic) bond motifs is 1. The molecule has 1 aromatic heterocycles. The van der Waals surface area contributed by atoms with E-state index in [0.29, 0.717) is 6.54 Å². The van der Waals surface area contributed by atoms with Gasteiger partial charge in [0.15, 0.2) is 0 Å². The average molecular weight is 409 g/mol. The summed E-state index contributed by atoms with van der Waals surface area (Å²) in [5.41, 5.74) is 2.09. The maximum atomic E-state index is 10.9. The van der Waals surface area contributed by atoms with Crippen LogP contribution in [0.15, 0.2) is 91.1 Å². The summed E-state index contributed by atoms with van der Waals surface area (Å²) in [4.78, 5) is 0. The molecule has 29 heavy (non-hydrogen) atoms. The third kappa shape index (κ3) is 4.46. The van der Waals surface area contributed by atoms with E-state index in [1.54, 1.807) is 0 Å². The topological polar surface area (TPSA) is 46.4 Å². The van der Waals surface area contributed by atoms with Crippen LogP contribution in [0.3, 0.4) is 0 Å². The number of para-hydroxylation sites is 1. The number of benzene rings is 3. The van der Waals surface area contributed by atoms with Gasteiger partial charge in [-0.2, -0.15) is 0 Å². The minimum Gasteiger partial charge on any atom is -0.457 e. The fourth-order valence-electron chi connectivity index (χ4n) is 3.65. The molecule has 5 heteroatoms. The van der Waals surface area contributed by atoms with E-state index in [1.807, 2.05) is 73.9 Å². The Hall–Kier alpha value is -2.79. The number of hydrogen-bond donors (Lipinski definition) is 2. The van der Waals surface area contributed by atoms with Gasteiger partial charge in [0.2, 0.25) is 0 Å². The number of ether oxygens (including phenoxy) is 1. The van der Waals surface area contributed by atoms with Gasteiger partial charge < -0.3 is 19.7 Å². The third-order valence-corrected chi connectivity index (χ3v) is 4.91. The minimum atomic E-state index is -0.568. The van der Waals surface area contributed by atoms with Gasteiger partial charge in [-0.1, -0.05) is 54.6 Å². The van der Waals surface area contributed by atoms with E-state index in [0.717, 1.165) is 28.0 Å². The number of aromatic nitrogens is 1. The summed E-state index contributed by atoms with van der Waals surface area (Å²) in [5, 5.41) is 15.0. The van der Waals surface area contributed by atoms with Crippen LogP contribution in [-0.2, 0) is 0 Å². The molecule has 2 atom stereocenters. The second-order valence-corrected chi connectivity index (χ2v) is 6.81. The Morgan fingerprint density at radius 3 is 2.28 bits per heavy atom. The van der Waals surface area contributed by atoms with E-state index in [1.165, 1.54) is 0 Å². The van der Waals surface area contributed by atoms with Crippen molar-refractivity contribution < 1.29 is 9.84 Å². The predicted molar refractivity (Wildman–Crippen MR) is 120 cm³/mol. The minimum absolute atomic E-state index is 0. The highest BCUT2D eigenvalue weighted by Crippen LogP contribution is 2.34. The fraction of sp³-hybridized carbons (Fsp3) is 0.167. The van der Waals surface area contributed by atoms with Gasteiger partial charge in [0.1, 0.15) is 11.5 Å². The lowest BCUT2D eigenvalue weighted by Crippen LogP contribution is -2.33. The van der Waals surface area contributed by atoms with Crippen LogP contribution in [-0.4, -0.2) is 29.4 Å². The summed E-state index contributed by atoms with van der Waals surface area (Å²) < 4.78 is 8.24. The summed E-state index contributed by atoms with van der Waals surface area (Å²) in [7, 11) is 1.85. The lowest BCUT2D eigenvalue weighted by molar-refractivity contribution is 0.132. The van der Waals surface area contributed by atoms with Crippen LogP contribution in [0.2, 0.25) is 0 Å². The van der Waals surface area contributed by atoms with Crippen molar-refractivity contribution >= 4 is 23.3 Å². The number of aliphatic hydroxyl groups excluding tert-OH is 1. The van der Waals surface area contributed by atoms with Gasteiger partial charge in [-0.25, -0.2) is 0 Å². The molecule has 4 aromatic rings. The molecular weight excluding hydrogens is 384 g/mol.